The Morgan fingerprint density at radius 1 is 0.900 bits per heavy atom. The van der Waals surface area contributed by atoms with Gasteiger partial charge in [-0.2, -0.15) is 0 Å². The predicted molar refractivity (Wildman–Crippen MR) is 120 cm³/mol. The van der Waals surface area contributed by atoms with Gasteiger partial charge in [-0.1, -0.05) is 60.7 Å². The van der Waals surface area contributed by atoms with E-state index in [1.807, 2.05) is 42.5 Å². The summed E-state index contributed by atoms with van der Waals surface area (Å²) in [7, 11) is 0. The normalized spacial score (nSPS) is 22.7. The Hall–Kier alpha value is -3.14. The average Bonchev–Trinajstić information content (AvgIpc) is 3.08. The molecule has 2 bridgehead atoms. The smallest absolute Gasteiger partial charge is 0.253 e. The molecule has 2 saturated heterocycles. The quantitative estimate of drug-likeness (QED) is 0.664. The van der Waals surface area contributed by atoms with Gasteiger partial charge in [-0.3, -0.25) is 4.79 Å². The van der Waals surface area contributed by atoms with Crippen molar-refractivity contribution in [1.82, 2.24) is 10.3 Å². The Morgan fingerprint density at radius 3 is 2.20 bits per heavy atom. The summed E-state index contributed by atoms with van der Waals surface area (Å²) in [6.45, 7) is 0.526. The molecule has 5 rings (SSSR count). The highest BCUT2D eigenvalue weighted by Gasteiger charge is 2.41. The van der Waals surface area contributed by atoms with E-state index in [0.29, 0.717) is 30.1 Å². The first-order valence-corrected chi connectivity index (χ1v) is 10.9. The number of hydrogen-bond acceptors (Lipinski definition) is 3. The van der Waals surface area contributed by atoms with Crippen molar-refractivity contribution in [3.05, 3.63) is 95.7 Å². The van der Waals surface area contributed by atoms with E-state index in [2.05, 4.69) is 45.5 Å². The number of carbonyl (C=O) groups excluding carboxylic acids is 1. The van der Waals surface area contributed by atoms with E-state index >= 15 is 0 Å². The molecule has 0 saturated carbocycles. The van der Waals surface area contributed by atoms with E-state index in [9.17, 15) is 4.79 Å². The lowest BCUT2D eigenvalue weighted by Gasteiger charge is -2.40. The molecule has 0 radical (unpaired) electrons. The van der Waals surface area contributed by atoms with Crippen LogP contribution in [-0.2, 0) is 6.54 Å². The second kappa shape index (κ2) is 8.31. The molecule has 1 N–H and O–H groups in total. The number of rotatable bonds is 5. The zero-order valence-corrected chi connectivity index (χ0v) is 17.1. The standard InChI is InChI=1S/C26H27N3O/c30-26(28-17-19-7-3-1-4-8-19)21-11-14-25(27-18-21)29-23-12-13-24(29)16-22(15-23)20-9-5-2-6-10-20/h1-11,14,18,22-24H,12-13,15-17H2,(H,28,30). The van der Waals surface area contributed by atoms with Crippen LogP contribution < -0.4 is 10.2 Å². The fraction of sp³-hybridized carbons (Fsp3) is 0.308. The number of fused-ring (bicyclic) bond motifs is 2. The second-order valence-electron chi connectivity index (χ2n) is 8.44. The van der Waals surface area contributed by atoms with Crippen LogP contribution in [0.3, 0.4) is 0 Å². The fourth-order valence-electron chi connectivity index (χ4n) is 5.10. The van der Waals surface area contributed by atoms with Crippen molar-refractivity contribution in [3.63, 3.8) is 0 Å². The third kappa shape index (κ3) is 3.82. The van der Waals surface area contributed by atoms with Crippen molar-refractivity contribution in [2.45, 2.75) is 50.2 Å². The number of benzene rings is 2. The van der Waals surface area contributed by atoms with Gasteiger partial charge >= 0.3 is 0 Å². The number of piperidine rings is 1. The van der Waals surface area contributed by atoms with Gasteiger partial charge in [0.25, 0.3) is 5.91 Å². The largest absolute Gasteiger partial charge is 0.351 e. The lowest BCUT2D eigenvalue weighted by molar-refractivity contribution is 0.0950. The van der Waals surface area contributed by atoms with Crippen LogP contribution >= 0.6 is 0 Å². The number of hydrogen-bond donors (Lipinski definition) is 1. The summed E-state index contributed by atoms with van der Waals surface area (Å²) in [6.07, 6.45) is 6.55. The molecule has 2 unspecified atom stereocenters. The summed E-state index contributed by atoms with van der Waals surface area (Å²) in [5.74, 6) is 1.57. The number of pyridine rings is 1. The molecule has 3 aromatic rings. The van der Waals surface area contributed by atoms with E-state index in [1.54, 1.807) is 6.20 Å². The number of nitrogens with one attached hydrogen (secondary N) is 1. The van der Waals surface area contributed by atoms with E-state index in [0.717, 1.165) is 11.4 Å². The lowest BCUT2D eigenvalue weighted by Crippen LogP contribution is -2.42. The predicted octanol–water partition coefficient (Wildman–Crippen LogP) is 4.93. The van der Waals surface area contributed by atoms with Crippen LogP contribution in [0, 0.1) is 0 Å². The summed E-state index contributed by atoms with van der Waals surface area (Å²) in [5, 5.41) is 2.98. The first kappa shape index (κ1) is 18.9. The van der Waals surface area contributed by atoms with E-state index in [1.165, 1.54) is 31.2 Å². The molecule has 2 aliphatic rings. The van der Waals surface area contributed by atoms with Crippen molar-refractivity contribution in [2.24, 2.45) is 0 Å². The van der Waals surface area contributed by atoms with Gasteiger partial charge in [0.2, 0.25) is 0 Å². The number of anilines is 1. The molecule has 0 aliphatic carbocycles. The van der Waals surface area contributed by atoms with Gasteiger partial charge < -0.3 is 10.2 Å². The van der Waals surface area contributed by atoms with Gasteiger partial charge in [0.1, 0.15) is 5.82 Å². The topological polar surface area (TPSA) is 45.2 Å². The van der Waals surface area contributed by atoms with Gasteiger partial charge in [-0.15, -0.1) is 0 Å². The number of aromatic nitrogens is 1. The zero-order chi connectivity index (χ0) is 20.3. The van der Waals surface area contributed by atoms with E-state index < -0.39 is 0 Å². The van der Waals surface area contributed by atoms with Crippen LogP contribution in [0.1, 0.15) is 53.1 Å². The third-order valence-corrected chi connectivity index (χ3v) is 6.57. The van der Waals surface area contributed by atoms with Gasteiger partial charge in [0, 0.05) is 24.8 Å². The van der Waals surface area contributed by atoms with Crippen LogP contribution in [0.5, 0.6) is 0 Å². The molecule has 152 valence electrons. The molecular weight excluding hydrogens is 370 g/mol. The maximum Gasteiger partial charge on any atom is 0.253 e. The molecule has 1 amide bonds. The van der Waals surface area contributed by atoms with Crippen molar-refractivity contribution in [3.8, 4) is 0 Å². The first-order valence-electron chi connectivity index (χ1n) is 10.9. The van der Waals surface area contributed by atoms with Gasteiger partial charge in [-0.05, 0) is 54.9 Å². The Morgan fingerprint density at radius 2 is 1.57 bits per heavy atom. The van der Waals surface area contributed by atoms with Crippen LogP contribution in [0.4, 0.5) is 5.82 Å². The van der Waals surface area contributed by atoms with Gasteiger partial charge in [0.05, 0.1) is 5.56 Å². The maximum atomic E-state index is 12.5. The summed E-state index contributed by atoms with van der Waals surface area (Å²) in [4.78, 5) is 19.7. The third-order valence-electron chi connectivity index (χ3n) is 6.57. The molecule has 1 aromatic heterocycles. The monoisotopic (exact) mass is 397 g/mol. The second-order valence-corrected chi connectivity index (χ2v) is 8.44. The fourth-order valence-corrected chi connectivity index (χ4v) is 5.10. The van der Waals surface area contributed by atoms with Gasteiger partial charge in [-0.25, -0.2) is 4.98 Å². The molecule has 2 fully saturated rings. The minimum Gasteiger partial charge on any atom is -0.351 e. The SMILES string of the molecule is O=C(NCc1ccccc1)c1ccc(N2C3CCC2CC(c2ccccc2)C3)nc1. The first-order chi connectivity index (χ1) is 14.8. The highest BCUT2D eigenvalue weighted by atomic mass is 16.1. The maximum absolute atomic E-state index is 12.5. The molecule has 4 nitrogen and oxygen atoms in total. The molecule has 4 heteroatoms. The molecule has 2 aromatic carbocycles. The highest BCUT2D eigenvalue weighted by Crippen LogP contribution is 2.44. The minimum absolute atomic E-state index is 0.0799. The Balaban J connectivity index is 1.24. The van der Waals surface area contributed by atoms with Crippen LogP contribution in [0.2, 0.25) is 0 Å². The van der Waals surface area contributed by atoms with Crippen LogP contribution in [0.25, 0.3) is 0 Å². The number of amides is 1. The molecule has 30 heavy (non-hydrogen) atoms. The van der Waals surface area contributed by atoms with Crippen LogP contribution in [0.15, 0.2) is 79.0 Å². The summed E-state index contributed by atoms with van der Waals surface area (Å²) < 4.78 is 0. The average molecular weight is 398 g/mol. The zero-order valence-electron chi connectivity index (χ0n) is 17.1. The highest BCUT2D eigenvalue weighted by molar-refractivity contribution is 5.94. The summed E-state index contributed by atoms with van der Waals surface area (Å²) in [5.41, 5.74) is 3.17. The lowest BCUT2D eigenvalue weighted by atomic mass is 9.85. The van der Waals surface area contributed by atoms with E-state index in [4.69, 9.17) is 0 Å². The van der Waals surface area contributed by atoms with Crippen molar-refractivity contribution in [1.29, 1.82) is 0 Å². The van der Waals surface area contributed by atoms with Crippen molar-refractivity contribution >= 4 is 11.7 Å². The minimum atomic E-state index is -0.0799. The summed E-state index contributed by atoms with van der Waals surface area (Å²) in [6, 6.07) is 25.9. The van der Waals surface area contributed by atoms with Crippen LogP contribution in [-0.4, -0.2) is 23.0 Å². The van der Waals surface area contributed by atoms with Crippen molar-refractivity contribution < 1.29 is 4.79 Å². The van der Waals surface area contributed by atoms with Gasteiger partial charge in [0.15, 0.2) is 0 Å². The number of nitrogens with zero attached hydrogens (tertiary/aromatic N) is 2. The van der Waals surface area contributed by atoms with Crippen molar-refractivity contribution in [2.75, 3.05) is 4.90 Å². The molecule has 0 spiro atoms. The molecule has 2 aliphatic heterocycles. The molecule has 3 heterocycles. The number of carbonyl (C=O) groups is 1. The molecular formula is C26H27N3O. The summed E-state index contributed by atoms with van der Waals surface area (Å²) >= 11 is 0. The Bertz CT molecular complexity index is 974. The van der Waals surface area contributed by atoms with E-state index in [-0.39, 0.29) is 5.91 Å². The Labute approximate surface area is 178 Å². The Kier molecular flexibility index (Phi) is 5.22. The molecule has 2 atom stereocenters.